The van der Waals surface area contributed by atoms with Crippen LogP contribution in [0.1, 0.15) is 27.7 Å². The number of nitrogens with one attached hydrogen (secondary N) is 1. The molecule has 0 unspecified atom stereocenters. The molecule has 0 bridgehead atoms. The van der Waals surface area contributed by atoms with E-state index in [1.165, 1.54) is 0 Å². The lowest BCUT2D eigenvalue weighted by Gasteiger charge is -2.38. The molecule has 1 heterocycles. The highest BCUT2D eigenvalue weighted by Gasteiger charge is 2.39. The summed E-state index contributed by atoms with van der Waals surface area (Å²) in [6.07, 6.45) is 1.72. The Morgan fingerprint density at radius 1 is 1.26 bits per heavy atom. The molecule has 0 aliphatic rings. The molecule has 3 N–H and O–H groups in total. The highest BCUT2D eigenvalue weighted by Crippen LogP contribution is 2.25. The maximum absolute atomic E-state index is 10.1. The smallest absolute Gasteiger partial charge is 0.423 e. The van der Waals surface area contributed by atoms with E-state index in [-0.39, 0.29) is 0 Å². The van der Waals surface area contributed by atoms with E-state index in [1.807, 2.05) is 6.07 Å². The predicted molar refractivity (Wildman–Crippen MR) is 75.2 cm³/mol. The monoisotopic (exact) mass is 262 g/mol. The quantitative estimate of drug-likeness (QED) is 0.713. The average molecular weight is 262 g/mol. The van der Waals surface area contributed by atoms with E-state index in [0.29, 0.717) is 5.46 Å². The molecule has 5 nitrogen and oxygen atoms in total. The summed E-state index contributed by atoms with van der Waals surface area (Å²) in [5, 5.41) is 27.9. The topological polar surface area (TPSA) is 78.4 Å². The summed E-state index contributed by atoms with van der Waals surface area (Å²) in [5.74, 6) is 0. The summed E-state index contributed by atoms with van der Waals surface area (Å²) in [6, 6.07) is 5.42. The van der Waals surface area contributed by atoms with Gasteiger partial charge in [-0.25, -0.2) is 0 Å². The number of H-pyrrole nitrogens is 1. The SMILES string of the molecule is CC(C)(O)C(C)(C)OB(O)c1ccc2cn[nH]c2c1. The minimum absolute atomic E-state index is 0.620. The molecule has 0 atom stereocenters. The summed E-state index contributed by atoms with van der Waals surface area (Å²) in [6.45, 7) is 6.78. The van der Waals surface area contributed by atoms with E-state index >= 15 is 0 Å². The van der Waals surface area contributed by atoms with Crippen molar-refractivity contribution in [3.8, 4) is 0 Å². The average Bonchev–Trinajstić information content (AvgIpc) is 2.73. The van der Waals surface area contributed by atoms with Crippen molar-refractivity contribution in [2.45, 2.75) is 38.9 Å². The van der Waals surface area contributed by atoms with Crippen LogP contribution in [-0.4, -0.2) is 38.6 Å². The number of fused-ring (bicyclic) bond motifs is 1. The number of benzene rings is 1. The molecule has 0 amide bonds. The minimum atomic E-state index is -1.10. The van der Waals surface area contributed by atoms with Gasteiger partial charge in [0.05, 0.1) is 22.9 Å². The van der Waals surface area contributed by atoms with Crippen molar-refractivity contribution < 1.29 is 14.8 Å². The van der Waals surface area contributed by atoms with Gasteiger partial charge in [-0.3, -0.25) is 5.10 Å². The van der Waals surface area contributed by atoms with Crippen molar-refractivity contribution in [2.24, 2.45) is 0 Å². The van der Waals surface area contributed by atoms with Crippen LogP contribution in [0, 0.1) is 0 Å². The van der Waals surface area contributed by atoms with Gasteiger partial charge in [0.1, 0.15) is 0 Å². The number of nitrogens with zero attached hydrogens (tertiary/aromatic N) is 1. The summed E-state index contributed by atoms with van der Waals surface area (Å²) in [5.41, 5.74) is -0.489. The van der Waals surface area contributed by atoms with Gasteiger partial charge in [0.2, 0.25) is 0 Å². The second-order valence-electron chi connectivity index (χ2n) is 5.76. The third kappa shape index (κ3) is 2.81. The molecule has 2 aromatic rings. The Morgan fingerprint density at radius 3 is 2.58 bits per heavy atom. The van der Waals surface area contributed by atoms with E-state index in [9.17, 15) is 10.1 Å². The first-order chi connectivity index (χ1) is 8.71. The molecule has 1 aromatic carbocycles. The lowest BCUT2D eigenvalue weighted by Crippen LogP contribution is -2.53. The normalized spacial score (nSPS) is 12.9. The molecule has 0 saturated heterocycles. The molecular weight excluding hydrogens is 243 g/mol. The van der Waals surface area contributed by atoms with E-state index in [0.717, 1.165) is 10.9 Å². The predicted octanol–water partition coefficient (Wildman–Crippen LogP) is 0.816. The Kier molecular flexibility index (Phi) is 3.42. The molecule has 0 aliphatic carbocycles. The standard InChI is InChI=1S/C13H19BN2O3/c1-12(2,17)13(3,4)19-14(18)10-6-5-9-8-15-16-11(9)7-10/h5-8,17-18H,1-4H3,(H,15,16). The third-order valence-corrected chi connectivity index (χ3v) is 3.63. The van der Waals surface area contributed by atoms with Crippen LogP contribution < -0.4 is 5.46 Å². The Balaban J connectivity index is 2.22. The number of aromatic amines is 1. The van der Waals surface area contributed by atoms with Gasteiger partial charge in [-0.2, -0.15) is 5.10 Å². The molecule has 19 heavy (non-hydrogen) atoms. The van der Waals surface area contributed by atoms with Crippen LogP contribution in [-0.2, 0) is 4.65 Å². The van der Waals surface area contributed by atoms with Crippen molar-refractivity contribution in [1.29, 1.82) is 0 Å². The van der Waals surface area contributed by atoms with E-state index in [4.69, 9.17) is 4.65 Å². The summed E-state index contributed by atoms with van der Waals surface area (Å²) in [7, 11) is -1.10. The third-order valence-electron chi connectivity index (χ3n) is 3.63. The fourth-order valence-corrected chi connectivity index (χ4v) is 1.60. The van der Waals surface area contributed by atoms with Gasteiger partial charge >= 0.3 is 7.12 Å². The van der Waals surface area contributed by atoms with Crippen molar-refractivity contribution in [2.75, 3.05) is 0 Å². The number of rotatable bonds is 4. The second-order valence-corrected chi connectivity index (χ2v) is 5.76. The fourth-order valence-electron chi connectivity index (χ4n) is 1.60. The van der Waals surface area contributed by atoms with Crippen molar-refractivity contribution in [1.82, 2.24) is 10.2 Å². The van der Waals surface area contributed by atoms with E-state index in [1.54, 1.807) is 46.0 Å². The molecule has 0 radical (unpaired) electrons. The van der Waals surface area contributed by atoms with Gasteiger partial charge in [-0.1, -0.05) is 12.1 Å². The molecule has 6 heteroatoms. The maximum Gasteiger partial charge on any atom is 0.491 e. The molecule has 0 saturated carbocycles. The summed E-state index contributed by atoms with van der Waals surface area (Å²) < 4.78 is 5.59. The Hall–Kier alpha value is -1.37. The number of hydrogen-bond acceptors (Lipinski definition) is 4. The molecule has 0 aliphatic heterocycles. The molecule has 102 valence electrons. The second kappa shape index (κ2) is 4.63. The zero-order valence-corrected chi connectivity index (χ0v) is 11.6. The molecule has 0 fully saturated rings. The van der Waals surface area contributed by atoms with Crippen LogP contribution in [0.25, 0.3) is 10.9 Å². The van der Waals surface area contributed by atoms with Crippen LogP contribution in [0.15, 0.2) is 24.4 Å². The first-order valence-electron chi connectivity index (χ1n) is 6.22. The first-order valence-corrected chi connectivity index (χ1v) is 6.22. The van der Waals surface area contributed by atoms with Gasteiger partial charge in [0, 0.05) is 5.39 Å². The van der Waals surface area contributed by atoms with Crippen molar-refractivity contribution in [3.63, 3.8) is 0 Å². The zero-order chi connectivity index (χ0) is 14.3. The van der Waals surface area contributed by atoms with Crippen LogP contribution in [0.3, 0.4) is 0 Å². The Bertz CT molecular complexity index is 575. The summed E-state index contributed by atoms with van der Waals surface area (Å²) >= 11 is 0. The number of hydrogen-bond donors (Lipinski definition) is 3. The van der Waals surface area contributed by atoms with Crippen LogP contribution in [0.2, 0.25) is 0 Å². The maximum atomic E-state index is 10.1. The van der Waals surface area contributed by atoms with E-state index in [2.05, 4.69) is 10.2 Å². The highest BCUT2D eigenvalue weighted by molar-refractivity contribution is 6.60. The Labute approximate surface area is 112 Å². The summed E-state index contributed by atoms with van der Waals surface area (Å²) in [4.78, 5) is 0. The molecule has 1 aromatic heterocycles. The van der Waals surface area contributed by atoms with Gasteiger partial charge < -0.3 is 14.8 Å². The van der Waals surface area contributed by atoms with Crippen molar-refractivity contribution >= 4 is 23.5 Å². The van der Waals surface area contributed by atoms with Crippen LogP contribution in [0.5, 0.6) is 0 Å². The number of aromatic nitrogens is 2. The fraction of sp³-hybridized carbons (Fsp3) is 0.462. The van der Waals surface area contributed by atoms with Gasteiger partial charge in [0.25, 0.3) is 0 Å². The molecule has 0 spiro atoms. The number of aliphatic hydroxyl groups is 1. The van der Waals surface area contributed by atoms with Crippen LogP contribution in [0.4, 0.5) is 0 Å². The molecular formula is C13H19BN2O3. The molecule has 2 rings (SSSR count). The van der Waals surface area contributed by atoms with Crippen LogP contribution >= 0.6 is 0 Å². The van der Waals surface area contributed by atoms with Gasteiger partial charge in [-0.05, 0) is 39.2 Å². The lowest BCUT2D eigenvalue weighted by molar-refractivity contribution is -0.0982. The van der Waals surface area contributed by atoms with Crippen molar-refractivity contribution in [3.05, 3.63) is 24.4 Å². The minimum Gasteiger partial charge on any atom is -0.423 e. The first kappa shape index (κ1) is 14.1. The van der Waals surface area contributed by atoms with Gasteiger partial charge in [0.15, 0.2) is 0 Å². The zero-order valence-electron chi connectivity index (χ0n) is 11.6. The van der Waals surface area contributed by atoms with Gasteiger partial charge in [-0.15, -0.1) is 0 Å². The van der Waals surface area contributed by atoms with E-state index < -0.39 is 18.3 Å². The highest BCUT2D eigenvalue weighted by atomic mass is 16.5. The Morgan fingerprint density at radius 2 is 1.95 bits per heavy atom. The largest absolute Gasteiger partial charge is 0.491 e. The lowest BCUT2D eigenvalue weighted by atomic mass is 9.76.